The van der Waals surface area contributed by atoms with E-state index in [1.807, 2.05) is 43.5 Å². The Morgan fingerprint density at radius 1 is 1.14 bits per heavy atom. The Labute approximate surface area is 169 Å². The van der Waals surface area contributed by atoms with E-state index in [9.17, 15) is 9.59 Å². The van der Waals surface area contributed by atoms with E-state index >= 15 is 0 Å². The van der Waals surface area contributed by atoms with Gasteiger partial charge in [-0.2, -0.15) is 0 Å². The zero-order valence-electron chi connectivity index (χ0n) is 16.2. The molecule has 3 rings (SSSR count). The number of hydrogen-bond acceptors (Lipinski definition) is 3. The summed E-state index contributed by atoms with van der Waals surface area (Å²) >= 11 is 6.13. The van der Waals surface area contributed by atoms with Crippen molar-refractivity contribution in [3.05, 3.63) is 64.3 Å². The van der Waals surface area contributed by atoms with Gasteiger partial charge in [0, 0.05) is 28.2 Å². The van der Waals surface area contributed by atoms with Crippen molar-refractivity contribution in [1.82, 2.24) is 4.57 Å². The molecular formula is C22H23ClN2O3. The number of fused-ring (bicyclic) bond motifs is 1. The van der Waals surface area contributed by atoms with Crippen molar-refractivity contribution >= 4 is 40.1 Å². The number of aromatic nitrogens is 1. The molecule has 1 aromatic heterocycles. The molecule has 1 amide bonds. The Bertz CT molecular complexity index is 1040. The number of anilines is 1. The molecule has 5 nitrogen and oxygen atoms in total. The average Bonchev–Trinajstić information content (AvgIpc) is 2.97. The van der Waals surface area contributed by atoms with Crippen LogP contribution in [0.1, 0.15) is 46.7 Å². The maximum absolute atomic E-state index is 13.0. The van der Waals surface area contributed by atoms with Crippen molar-refractivity contribution < 1.29 is 14.3 Å². The topological polar surface area (TPSA) is 60.3 Å². The van der Waals surface area contributed by atoms with Gasteiger partial charge >= 0.3 is 5.97 Å². The third-order valence-electron chi connectivity index (χ3n) is 4.60. The number of carbonyl (C=O) groups excluding carboxylic acids is 2. The molecule has 0 saturated carbocycles. The Hall–Kier alpha value is -2.79. The van der Waals surface area contributed by atoms with Gasteiger partial charge in [-0.05, 0) is 62.2 Å². The monoisotopic (exact) mass is 398 g/mol. The van der Waals surface area contributed by atoms with Crippen LogP contribution < -0.4 is 5.32 Å². The van der Waals surface area contributed by atoms with Gasteiger partial charge < -0.3 is 14.6 Å². The van der Waals surface area contributed by atoms with Crippen molar-refractivity contribution in [2.45, 2.75) is 33.7 Å². The number of halogens is 1. The maximum Gasteiger partial charge on any atom is 0.338 e. The summed E-state index contributed by atoms with van der Waals surface area (Å²) < 4.78 is 7.13. The van der Waals surface area contributed by atoms with Gasteiger partial charge in [0.25, 0.3) is 5.91 Å². The summed E-state index contributed by atoms with van der Waals surface area (Å²) in [6, 6.07) is 12.4. The highest BCUT2D eigenvalue weighted by Gasteiger charge is 2.20. The lowest BCUT2D eigenvalue weighted by molar-refractivity contribution is 0.0505. The van der Waals surface area contributed by atoms with Gasteiger partial charge in [-0.25, -0.2) is 4.79 Å². The Kier molecular flexibility index (Phi) is 6.05. The first-order valence-corrected chi connectivity index (χ1v) is 9.71. The highest BCUT2D eigenvalue weighted by Crippen LogP contribution is 2.29. The number of hydrogen-bond donors (Lipinski definition) is 1. The van der Waals surface area contributed by atoms with Gasteiger partial charge in [0.1, 0.15) is 5.69 Å². The zero-order chi connectivity index (χ0) is 20.3. The van der Waals surface area contributed by atoms with Gasteiger partial charge in [-0.3, -0.25) is 4.79 Å². The molecule has 0 aliphatic rings. The minimum absolute atomic E-state index is 0.231. The molecule has 6 heteroatoms. The van der Waals surface area contributed by atoms with Gasteiger partial charge in [-0.1, -0.05) is 24.6 Å². The van der Waals surface area contributed by atoms with Gasteiger partial charge in [0.05, 0.1) is 12.2 Å². The van der Waals surface area contributed by atoms with E-state index in [1.54, 1.807) is 24.3 Å². The van der Waals surface area contributed by atoms with Crippen LogP contribution in [-0.4, -0.2) is 23.1 Å². The summed E-state index contributed by atoms with van der Waals surface area (Å²) in [7, 11) is 0. The summed E-state index contributed by atoms with van der Waals surface area (Å²) in [5, 5.41) is 4.49. The van der Waals surface area contributed by atoms with Crippen molar-refractivity contribution in [1.29, 1.82) is 0 Å². The zero-order valence-corrected chi connectivity index (χ0v) is 17.0. The standard InChI is InChI=1S/C22H23ClN2O3/c1-4-11-28-22(27)15-7-6-8-17(12-15)24-21(26)20-14(3)18-13-16(23)9-10-19(18)25(20)5-2/h6-10,12-13H,4-5,11H2,1-3H3,(H,24,26). The van der Waals surface area contributed by atoms with Crippen LogP contribution in [0.4, 0.5) is 5.69 Å². The molecule has 0 saturated heterocycles. The summed E-state index contributed by atoms with van der Waals surface area (Å²) in [5.41, 5.74) is 3.37. The van der Waals surface area contributed by atoms with E-state index in [1.165, 1.54) is 0 Å². The Morgan fingerprint density at radius 3 is 2.64 bits per heavy atom. The van der Waals surface area contributed by atoms with Crippen LogP contribution in [0.25, 0.3) is 10.9 Å². The van der Waals surface area contributed by atoms with Crippen LogP contribution in [0.2, 0.25) is 5.02 Å². The smallest absolute Gasteiger partial charge is 0.338 e. The summed E-state index contributed by atoms with van der Waals surface area (Å²) in [5.74, 6) is -0.628. The largest absolute Gasteiger partial charge is 0.462 e. The van der Waals surface area contributed by atoms with E-state index in [4.69, 9.17) is 16.3 Å². The minimum atomic E-state index is -0.397. The first kappa shape index (κ1) is 20.0. The number of amides is 1. The summed E-state index contributed by atoms with van der Waals surface area (Å²) in [6.07, 6.45) is 0.757. The van der Waals surface area contributed by atoms with Gasteiger partial charge in [0.15, 0.2) is 0 Å². The minimum Gasteiger partial charge on any atom is -0.462 e. The summed E-state index contributed by atoms with van der Waals surface area (Å²) in [6.45, 7) is 6.87. The van der Waals surface area contributed by atoms with Crippen LogP contribution in [0.15, 0.2) is 42.5 Å². The van der Waals surface area contributed by atoms with Crippen LogP contribution in [0.5, 0.6) is 0 Å². The van der Waals surface area contributed by atoms with Gasteiger partial charge in [0.2, 0.25) is 0 Å². The van der Waals surface area contributed by atoms with Crippen molar-refractivity contribution in [2.75, 3.05) is 11.9 Å². The number of nitrogens with zero attached hydrogens (tertiary/aromatic N) is 1. The lowest BCUT2D eigenvalue weighted by Crippen LogP contribution is -2.18. The molecule has 1 heterocycles. The molecule has 0 spiro atoms. The number of rotatable bonds is 6. The lowest BCUT2D eigenvalue weighted by atomic mass is 10.1. The van der Waals surface area contributed by atoms with E-state index < -0.39 is 5.97 Å². The Morgan fingerprint density at radius 2 is 1.93 bits per heavy atom. The van der Waals surface area contributed by atoms with Crippen LogP contribution in [0.3, 0.4) is 0 Å². The molecule has 0 aliphatic carbocycles. The van der Waals surface area contributed by atoms with Crippen LogP contribution >= 0.6 is 11.6 Å². The molecule has 28 heavy (non-hydrogen) atoms. The molecular weight excluding hydrogens is 376 g/mol. The first-order valence-electron chi connectivity index (χ1n) is 9.33. The number of nitrogens with one attached hydrogen (secondary N) is 1. The quantitative estimate of drug-likeness (QED) is 0.562. The fraction of sp³-hybridized carbons (Fsp3) is 0.273. The summed E-state index contributed by atoms with van der Waals surface area (Å²) in [4.78, 5) is 25.1. The number of aryl methyl sites for hydroxylation is 2. The number of benzene rings is 2. The maximum atomic E-state index is 13.0. The number of esters is 1. The van der Waals surface area contributed by atoms with Crippen molar-refractivity contribution in [3.63, 3.8) is 0 Å². The molecule has 0 bridgehead atoms. The molecule has 0 unspecified atom stereocenters. The SMILES string of the molecule is CCCOC(=O)c1cccc(NC(=O)c2c(C)c3cc(Cl)ccc3n2CC)c1. The first-order chi connectivity index (χ1) is 13.5. The molecule has 0 atom stereocenters. The van der Waals surface area contributed by atoms with E-state index in [0.717, 1.165) is 22.9 Å². The highest BCUT2D eigenvalue weighted by molar-refractivity contribution is 6.31. The fourth-order valence-corrected chi connectivity index (χ4v) is 3.48. The molecule has 2 aromatic carbocycles. The molecule has 0 aliphatic heterocycles. The average molecular weight is 399 g/mol. The van der Waals surface area contributed by atoms with E-state index in [2.05, 4.69) is 5.32 Å². The second-order valence-electron chi connectivity index (χ2n) is 6.55. The number of carbonyl (C=O) groups is 2. The van der Waals surface area contributed by atoms with Crippen LogP contribution in [0, 0.1) is 6.92 Å². The van der Waals surface area contributed by atoms with Gasteiger partial charge in [-0.15, -0.1) is 0 Å². The second kappa shape index (κ2) is 8.48. The predicted octanol–water partition coefficient (Wildman–Crippen LogP) is 5.44. The van der Waals surface area contributed by atoms with Crippen LogP contribution in [-0.2, 0) is 11.3 Å². The van der Waals surface area contributed by atoms with E-state index in [-0.39, 0.29) is 5.91 Å². The molecule has 3 aromatic rings. The fourth-order valence-electron chi connectivity index (χ4n) is 3.31. The number of ether oxygens (including phenoxy) is 1. The van der Waals surface area contributed by atoms with E-state index in [0.29, 0.717) is 35.1 Å². The third kappa shape index (κ3) is 3.90. The predicted molar refractivity (Wildman–Crippen MR) is 112 cm³/mol. The lowest BCUT2D eigenvalue weighted by Gasteiger charge is -2.11. The molecule has 0 radical (unpaired) electrons. The normalized spacial score (nSPS) is 10.9. The molecule has 0 fully saturated rings. The van der Waals surface area contributed by atoms with Crippen molar-refractivity contribution in [3.8, 4) is 0 Å². The highest BCUT2D eigenvalue weighted by atomic mass is 35.5. The third-order valence-corrected chi connectivity index (χ3v) is 4.84. The molecule has 146 valence electrons. The second-order valence-corrected chi connectivity index (χ2v) is 6.99. The van der Waals surface area contributed by atoms with Crippen molar-refractivity contribution in [2.24, 2.45) is 0 Å². The Balaban J connectivity index is 1.92. The molecule has 1 N–H and O–H groups in total.